The Balaban J connectivity index is 1.65. The van der Waals surface area contributed by atoms with E-state index in [9.17, 15) is 0 Å². The standard InChI is InChI=1S/C16H31N3/c1-16(2)8-5-7-14(15(16)17)19-11-10-18-9-4-3-6-13(18)12-19/h13-15H,3-12,17H2,1-2H3. The largest absolute Gasteiger partial charge is 0.326 e. The van der Waals surface area contributed by atoms with Gasteiger partial charge in [-0.2, -0.15) is 0 Å². The third-order valence-electron chi connectivity index (χ3n) is 5.98. The van der Waals surface area contributed by atoms with Crippen LogP contribution >= 0.6 is 0 Å². The third kappa shape index (κ3) is 2.70. The molecule has 3 nitrogen and oxygen atoms in total. The van der Waals surface area contributed by atoms with Crippen molar-refractivity contribution in [2.24, 2.45) is 11.1 Å². The van der Waals surface area contributed by atoms with E-state index in [1.807, 2.05) is 0 Å². The van der Waals surface area contributed by atoms with Gasteiger partial charge in [-0.3, -0.25) is 9.80 Å². The molecule has 3 rings (SSSR count). The molecule has 3 fully saturated rings. The lowest BCUT2D eigenvalue weighted by molar-refractivity contribution is -0.00680. The lowest BCUT2D eigenvalue weighted by atomic mass is 9.70. The number of rotatable bonds is 1. The SMILES string of the molecule is CC1(C)CCCC(N2CCN3CCCCC3C2)C1N. The van der Waals surface area contributed by atoms with E-state index < -0.39 is 0 Å². The molecule has 3 heteroatoms. The highest BCUT2D eigenvalue weighted by Gasteiger charge is 2.41. The van der Waals surface area contributed by atoms with Crippen LogP contribution in [0.4, 0.5) is 0 Å². The maximum atomic E-state index is 6.60. The van der Waals surface area contributed by atoms with Crippen molar-refractivity contribution < 1.29 is 0 Å². The summed E-state index contributed by atoms with van der Waals surface area (Å²) < 4.78 is 0. The molecule has 0 aromatic carbocycles. The topological polar surface area (TPSA) is 32.5 Å². The Bertz CT molecular complexity index is 315. The quantitative estimate of drug-likeness (QED) is 0.788. The Morgan fingerprint density at radius 3 is 2.58 bits per heavy atom. The van der Waals surface area contributed by atoms with E-state index in [1.165, 1.54) is 64.7 Å². The molecule has 19 heavy (non-hydrogen) atoms. The van der Waals surface area contributed by atoms with Gasteiger partial charge in [0.1, 0.15) is 0 Å². The molecule has 2 N–H and O–H groups in total. The summed E-state index contributed by atoms with van der Waals surface area (Å²) >= 11 is 0. The summed E-state index contributed by atoms with van der Waals surface area (Å²) in [6, 6.07) is 1.81. The second-order valence-electron chi connectivity index (χ2n) is 7.65. The second kappa shape index (κ2) is 5.34. The number of piperidine rings is 1. The van der Waals surface area contributed by atoms with Crippen molar-refractivity contribution in [3.63, 3.8) is 0 Å². The molecule has 3 unspecified atom stereocenters. The summed E-state index contributed by atoms with van der Waals surface area (Å²) in [6.07, 6.45) is 8.22. The molecular formula is C16H31N3. The highest BCUT2D eigenvalue weighted by Crippen LogP contribution is 2.37. The van der Waals surface area contributed by atoms with Crippen LogP contribution in [0.3, 0.4) is 0 Å². The maximum absolute atomic E-state index is 6.60. The van der Waals surface area contributed by atoms with Crippen molar-refractivity contribution in [2.45, 2.75) is 70.5 Å². The molecular weight excluding hydrogens is 234 g/mol. The first-order valence-electron chi connectivity index (χ1n) is 8.31. The summed E-state index contributed by atoms with van der Waals surface area (Å²) in [6.45, 7) is 9.84. The predicted molar refractivity (Wildman–Crippen MR) is 80.2 cm³/mol. The summed E-state index contributed by atoms with van der Waals surface area (Å²) in [4.78, 5) is 5.46. The molecule has 3 atom stereocenters. The van der Waals surface area contributed by atoms with Gasteiger partial charge in [0.25, 0.3) is 0 Å². The first kappa shape index (κ1) is 13.8. The van der Waals surface area contributed by atoms with Gasteiger partial charge in [0.15, 0.2) is 0 Å². The van der Waals surface area contributed by atoms with E-state index >= 15 is 0 Å². The van der Waals surface area contributed by atoms with E-state index in [-0.39, 0.29) is 0 Å². The van der Waals surface area contributed by atoms with Crippen molar-refractivity contribution in [3.8, 4) is 0 Å². The minimum absolute atomic E-state index is 0.326. The number of nitrogens with zero attached hydrogens (tertiary/aromatic N) is 2. The van der Waals surface area contributed by atoms with Crippen molar-refractivity contribution in [3.05, 3.63) is 0 Å². The number of hydrogen-bond donors (Lipinski definition) is 1. The highest BCUT2D eigenvalue weighted by molar-refractivity contribution is 4.98. The average molecular weight is 265 g/mol. The Morgan fingerprint density at radius 2 is 1.74 bits per heavy atom. The fourth-order valence-electron chi connectivity index (χ4n) is 4.52. The Kier molecular flexibility index (Phi) is 3.89. The molecule has 2 heterocycles. The average Bonchev–Trinajstić information content (AvgIpc) is 2.41. The molecule has 0 radical (unpaired) electrons. The first-order valence-corrected chi connectivity index (χ1v) is 8.31. The van der Waals surface area contributed by atoms with Gasteiger partial charge in [-0.15, -0.1) is 0 Å². The molecule has 1 saturated carbocycles. The molecule has 2 aliphatic heterocycles. The zero-order valence-corrected chi connectivity index (χ0v) is 12.8. The smallest absolute Gasteiger partial charge is 0.0253 e. The Morgan fingerprint density at radius 1 is 0.947 bits per heavy atom. The molecule has 1 aliphatic carbocycles. The summed E-state index contributed by atoms with van der Waals surface area (Å²) in [7, 11) is 0. The predicted octanol–water partition coefficient (Wildman–Crippen LogP) is 2.06. The lowest BCUT2D eigenvalue weighted by Crippen LogP contribution is -2.63. The van der Waals surface area contributed by atoms with E-state index in [1.54, 1.807) is 0 Å². The molecule has 0 aromatic heterocycles. The maximum Gasteiger partial charge on any atom is 0.0253 e. The van der Waals surface area contributed by atoms with Gasteiger partial charge in [-0.1, -0.05) is 26.7 Å². The zero-order chi connectivity index (χ0) is 13.5. The van der Waals surface area contributed by atoms with Gasteiger partial charge in [0, 0.05) is 37.8 Å². The minimum Gasteiger partial charge on any atom is -0.326 e. The van der Waals surface area contributed by atoms with E-state index in [2.05, 4.69) is 23.6 Å². The van der Waals surface area contributed by atoms with E-state index in [0.717, 1.165) is 6.04 Å². The van der Waals surface area contributed by atoms with Crippen LogP contribution in [0.2, 0.25) is 0 Å². The van der Waals surface area contributed by atoms with Gasteiger partial charge in [-0.05, 0) is 37.6 Å². The van der Waals surface area contributed by atoms with Crippen molar-refractivity contribution in [2.75, 3.05) is 26.2 Å². The zero-order valence-electron chi connectivity index (χ0n) is 12.8. The molecule has 110 valence electrons. The molecule has 3 aliphatic rings. The van der Waals surface area contributed by atoms with Gasteiger partial charge in [0.2, 0.25) is 0 Å². The Labute approximate surface area is 118 Å². The van der Waals surface area contributed by atoms with Gasteiger partial charge >= 0.3 is 0 Å². The van der Waals surface area contributed by atoms with Crippen LogP contribution in [0.5, 0.6) is 0 Å². The van der Waals surface area contributed by atoms with Crippen molar-refractivity contribution >= 4 is 0 Å². The number of piperazine rings is 1. The molecule has 0 bridgehead atoms. The van der Waals surface area contributed by atoms with Crippen molar-refractivity contribution in [1.29, 1.82) is 0 Å². The number of nitrogens with two attached hydrogens (primary N) is 1. The molecule has 0 spiro atoms. The van der Waals surface area contributed by atoms with Crippen LogP contribution in [0.25, 0.3) is 0 Å². The minimum atomic E-state index is 0.326. The summed E-state index contributed by atoms with van der Waals surface area (Å²) in [5.41, 5.74) is 6.93. The first-order chi connectivity index (χ1) is 9.08. The van der Waals surface area contributed by atoms with E-state index in [4.69, 9.17) is 5.73 Å². The van der Waals surface area contributed by atoms with Crippen LogP contribution in [0.1, 0.15) is 52.4 Å². The van der Waals surface area contributed by atoms with Crippen molar-refractivity contribution in [1.82, 2.24) is 9.80 Å². The third-order valence-corrected chi connectivity index (χ3v) is 5.98. The highest BCUT2D eigenvalue weighted by atomic mass is 15.3. The normalized spacial score (nSPS) is 40.9. The van der Waals surface area contributed by atoms with Crippen LogP contribution < -0.4 is 5.73 Å². The van der Waals surface area contributed by atoms with Gasteiger partial charge in [-0.25, -0.2) is 0 Å². The molecule has 0 amide bonds. The Hall–Kier alpha value is -0.120. The van der Waals surface area contributed by atoms with Gasteiger partial charge in [0.05, 0.1) is 0 Å². The monoisotopic (exact) mass is 265 g/mol. The van der Waals surface area contributed by atoms with E-state index in [0.29, 0.717) is 17.5 Å². The number of hydrogen-bond acceptors (Lipinski definition) is 3. The van der Waals surface area contributed by atoms with Crippen LogP contribution in [-0.2, 0) is 0 Å². The summed E-state index contributed by atoms with van der Waals surface area (Å²) in [5.74, 6) is 0. The van der Waals surface area contributed by atoms with Crippen LogP contribution in [0, 0.1) is 5.41 Å². The fourth-order valence-corrected chi connectivity index (χ4v) is 4.52. The molecule has 2 saturated heterocycles. The number of fused-ring (bicyclic) bond motifs is 1. The summed E-state index contributed by atoms with van der Waals surface area (Å²) in [5, 5.41) is 0. The van der Waals surface area contributed by atoms with Gasteiger partial charge < -0.3 is 5.73 Å². The lowest BCUT2D eigenvalue weighted by Gasteiger charge is -2.51. The van der Waals surface area contributed by atoms with Crippen LogP contribution in [-0.4, -0.2) is 54.1 Å². The fraction of sp³-hybridized carbons (Fsp3) is 1.00. The van der Waals surface area contributed by atoms with Crippen LogP contribution in [0.15, 0.2) is 0 Å². The molecule has 0 aromatic rings. The second-order valence-corrected chi connectivity index (χ2v) is 7.65.